The second-order valence-corrected chi connectivity index (χ2v) is 4.32. The van der Waals surface area contributed by atoms with Gasteiger partial charge in [-0.1, -0.05) is 36.7 Å². The van der Waals surface area contributed by atoms with Crippen molar-refractivity contribution in [3.05, 3.63) is 34.9 Å². The normalized spacial score (nSPS) is 14.8. The molecule has 2 unspecified atom stereocenters. The average Bonchev–Trinajstić information content (AvgIpc) is 2.29. The van der Waals surface area contributed by atoms with Crippen molar-refractivity contribution in [1.29, 1.82) is 0 Å². The first-order valence-corrected chi connectivity index (χ1v) is 6.07. The molecule has 0 spiro atoms. The van der Waals surface area contributed by atoms with Gasteiger partial charge in [0.15, 0.2) is 0 Å². The quantitative estimate of drug-likeness (QED) is 0.824. The zero-order valence-corrected chi connectivity index (χ0v) is 10.9. The van der Waals surface area contributed by atoms with Crippen LogP contribution < -0.4 is 5.32 Å². The largest absolute Gasteiger partial charge is 0.382 e. The molecule has 0 amide bonds. The van der Waals surface area contributed by atoms with E-state index >= 15 is 0 Å². The molecular formula is C13H20ClNO. The highest BCUT2D eigenvalue weighted by Gasteiger charge is 2.16. The number of rotatable bonds is 6. The van der Waals surface area contributed by atoms with Gasteiger partial charge in [-0.15, -0.1) is 0 Å². The Morgan fingerprint density at radius 1 is 1.38 bits per heavy atom. The number of hydrogen-bond acceptors (Lipinski definition) is 2. The highest BCUT2D eigenvalue weighted by Crippen LogP contribution is 2.26. The molecule has 0 aliphatic heterocycles. The molecule has 3 heteroatoms. The van der Waals surface area contributed by atoms with E-state index < -0.39 is 0 Å². The van der Waals surface area contributed by atoms with Crippen LogP contribution in [-0.2, 0) is 4.74 Å². The van der Waals surface area contributed by atoms with Crippen molar-refractivity contribution in [2.45, 2.75) is 32.4 Å². The number of benzene rings is 1. The second kappa shape index (κ2) is 6.89. The smallest absolute Gasteiger partial charge is 0.0561 e. The lowest BCUT2D eigenvalue weighted by Gasteiger charge is -2.22. The zero-order valence-electron chi connectivity index (χ0n) is 10.2. The van der Waals surface area contributed by atoms with E-state index in [1.807, 2.05) is 18.2 Å². The Labute approximate surface area is 103 Å². The van der Waals surface area contributed by atoms with Gasteiger partial charge in [0.25, 0.3) is 0 Å². The van der Waals surface area contributed by atoms with Crippen molar-refractivity contribution in [2.75, 3.05) is 13.7 Å². The maximum atomic E-state index is 6.20. The molecular weight excluding hydrogens is 222 g/mol. The summed E-state index contributed by atoms with van der Waals surface area (Å²) in [6, 6.07) is 8.22. The number of nitrogens with one attached hydrogen (secondary N) is 1. The predicted octanol–water partition coefficient (Wildman–Crippen LogP) is 3.42. The molecule has 0 heterocycles. The Morgan fingerprint density at radius 3 is 2.62 bits per heavy atom. The fraction of sp³-hybridized carbons (Fsp3) is 0.538. The van der Waals surface area contributed by atoms with Gasteiger partial charge in [-0.05, 0) is 31.5 Å². The molecule has 0 aromatic heterocycles. The van der Waals surface area contributed by atoms with E-state index in [1.165, 1.54) is 0 Å². The van der Waals surface area contributed by atoms with Gasteiger partial charge in [0.2, 0.25) is 0 Å². The minimum atomic E-state index is 0.223. The Bertz CT molecular complexity index is 317. The van der Waals surface area contributed by atoms with Crippen LogP contribution in [0.15, 0.2) is 24.3 Å². The molecule has 1 N–H and O–H groups in total. The van der Waals surface area contributed by atoms with E-state index in [9.17, 15) is 0 Å². The lowest BCUT2D eigenvalue weighted by Crippen LogP contribution is -2.25. The van der Waals surface area contributed by atoms with Crippen LogP contribution in [0.2, 0.25) is 5.02 Å². The van der Waals surface area contributed by atoms with Crippen LogP contribution >= 0.6 is 11.6 Å². The zero-order chi connectivity index (χ0) is 12.0. The van der Waals surface area contributed by atoms with Crippen LogP contribution in [0.25, 0.3) is 0 Å². The molecule has 1 aromatic carbocycles. The first-order valence-electron chi connectivity index (χ1n) is 5.69. The summed E-state index contributed by atoms with van der Waals surface area (Å²) in [6.45, 7) is 5.09. The van der Waals surface area contributed by atoms with E-state index in [2.05, 4.69) is 25.2 Å². The molecule has 16 heavy (non-hydrogen) atoms. The monoisotopic (exact) mass is 241 g/mol. The summed E-state index contributed by atoms with van der Waals surface area (Å²) in [5.74, 6) is 0. The SMILES string of the molecule is CCNC(CC(C)OC)c1ccccc1Cl. The lowest BCUT2D eigenvalue weighted by molar-refractivity contribution is 0.101. The fourth-order valence-electron chi connectivity index (χ4n) is 1.75. The standard InChI is InChI=1S/C13H20ClNO/c1-4-15-13(9-10(2)16-3)11-7-5-6-8-12(11)14/h5-8,10,13,15H,4,9H2,1-3H3. The van der Waals surface area contributed by atoms with Gasteiger partial charge in [0.05, 0.1) is 6.10 Å². The van der Waals surface area contributed by atoms with Gasteiger partial charge in [-0.3, -0.25) is 0 Å². The first kappa shape index (κ1) is 13.5. The molecule has 0 aliphatic carbocycles. The first-order chi connectivity index (χ1) is 7.69. The molecule has 90 valence electrons. The van der Waals surface area contributed by atoms with Gasteiger partial charge < -0.3 is 10.1 Å². The van der Waals surface area contributed by atoms with Crippen molar-refractivity contribution in [3.63, 3.8) is 0 Å². The summed E-state index contributed by atoms with van der Waals surface area (Å²) in [5, 5.41) is 4.26. The van der Waals surface area contributed by atoms with Crippen molar-refractivity contribution < 1.29 is 4.74 Å². The van der Waals surface area contributed by atoms with Crippen molar-refractivity contribution in [3.8, 4) is 0 Å². The molecule has 1 aromatic rings. The van der Waals surface area contributed by atoms with Crippen LogP contribution in [-0.4, -0.2) is 19.8 Å². The van der Waals surface area contributed by atoms with E-state index in [0.29, 0.717) is 0 Å². The van der Waals surface area contributed by atoms with Crippen LogP contribution in [0.4, 0.5) is 0 Å². The third-order valence-electron chi connectivity index (χ3n) is 2.70. The average molecular weight is 242 g/mol. The van der Waals surface area contributed by atoms with Crippen LogP contribution in [0.3, 0.4) is 0 Å². The summed E-state index contributed by atoms with van der Waals surface area (Å²) in [7, 11) is 1.74. The molecule has 0 saturated heterocycles. The van der Waals surface area contributed by atoms with Crippen LogP contribution in [0.5, 0.6) is 0 Å². The Kier molecular flexibility index (Phi) is 5.81. The van der Waals surface area contributed by atoms with E-state index in [1.54, 1.807) is 7.11 Å². The maximum absolute atomic E-state index is 6.20. The fourth-order valence-corrected chi connectivity index (χ4v) is 2.02. The summed E-state index contributed by atoms with van der Waals surface area (Å²) in [6.07, 6.45) is 1.15. The molecule has 0 bridgehead atoms. The van der Waals surface area contributed by atoms with Gasteiger partial charge in [-0.25, -0.2) is 0 Å². The third kappa shape index (κ3) is 3.78. The molecule has 0 fully saturated rings. The lowest BCUT2D eigenvalue weighted by atomic mass is 10.0. The minimum absolute atomic E-state index is 0.223. The van der Waals surface area contributed by atoms with Crippen molar-refractivity contribution >= 4 is 11.6 Å². The van der Waals surface area contributed by atoms with Crippen LogP contribution in [0.1, 0.15) is 31.9 Å². The van der Waals surface area contributed by atoms with Crippen LogP contribution in [0, 0.1) is 0 Å². The Balaban J connectivity index is 2.80. The summed E-state index contributed by atoms with van der Waals surface area (Å²) in [4.78, 5) is 0. The molecule has 0 saturated carbocycles. The molecule has 0 radical (unpaired) electrons. The van der Waals surface area contributed by atoms with E-state index in [4.69, 9.17) is 16.3 Å². The van der Waals surface area contributed by atoms with Crippen molar-refractivity contribution in [1.82, 2.24) is 5.32 Å². The summed E-state index contributed by atoms with van der Waals surface area (Å²) < 4.78 is 5.31. The number of hydrogen-bond donors (Lipinski definition) is 1. The molecule has 0 aliphatic rings. The Hall–Kier alpha value is -0.570. The summed E-state index contributed by atoms with van der Waals surface area (Å²) >= 11 is 6.20. The van der Waals surface area contributed by atoms with E-state index in [-0.39, 0.29) is 12.1 Å². The van der Waals surface area contributed by atoms with Gasteiger partial charge in [0.1, 0.15) is 0 Å². The van der Waals surface area contributed by atoms with Gasteiger partial charge in [0, 0.05) is 18.2 Å². The Morgan fingerprint density at radius 2 is 2.06 bits per heavy atom. The number of ether oxygens (including phenoxy) is 1. The molecule has 2 atom stereocenters. The third-order valence-corrected chi connectivity index (χ3v) is 3.05. The topological polar surface area (TPSA) is 21.3 Å². The predicted molar refractivity (Wildman–Crippen MR) is 69.0 cm³/mol. The molecule has 1 rings (SSSR count). The number of halogens is 1. The minimum Gasteiger partial charge on any atom is -0.382 e. The molecule has 2 nitrogen and oxygen atoms in total. The highest BCUT2D eigenvalue weighted by atomic mass is 35.5. The van der Waals surface area contributed by atoms with Gasteiger partial charge >= 0.3 is 0 Å². The maximum Gasteiger partial charge on any atom is 0.0561 e. The summed E-state index contributed by atoms with van der Waals surface area (Å²) in [5.41, 5.74) is 1.15. The van der Waals surface area contributed by atoms with Gasteiger partial charge in [-0.2, -0.15) is 0 Å². The highest BCUT2D eigenvalue weighted by molar-refractivity contribution is 6.31. The number of methoxy groups -OCH3 is 1. The second-order valence-electron chi connectivity index (χ2n) is 3.91. The van der Waals surface area contributed by atoms with Crippen molar-refractivity contribution in [2.24, 2.45) is 0 Å². The van der Waals surface area contributed by atoms with E-state index in [0.717, 1.165) is 23.6 Å².